The first kappa shape index (κ1) is 12.3. The molecule has 1 unspecified atom stereocenters. The lowest BCUT2D eigenvalue weighted by Crippen LogP contribution is -2.30. The quantitative estimate of drug-likeness (QED) is 0.762. The van der Waals surface area contributed by atoms with Gasteiger partial charge in [-0.1, -0.05) is 0 Å². The van der Waals surface area contributed by atoms with Gasteiger partial charge in [0.1, 0.15) is 6.33 Å². The third-order valence-corrected chi connectivity index (χ3v) is 1.98. The standard InChI is InChI=1S/C9H12FN3O3/c1-5-7(10)8(13-4-12-5)11-3-6(16-2)9(14)15/h4,6H,3H2,1-2H3,(H,14,15)(H,11,12,13). The Hall–Kier alpha value is -1.76. The van der Waals surface area contributed by atoms with Gasteiger partial charge >= 0.3 is 5.97 Å². The molecule has 16 heavy (non-hydrogen) atoms. The summed E-state index contributed by atoms with van der Waals surface area (Å²) >= 11 is 0. The van der Waals surface area contributed by atoms with Crippen molar-refractivity contribution >= 4 is 11.8 Å². The van der Waals surface area contributed by atoms with Crippen molar-refractivity contribution in [3.05, 3.63) is 17.8 Å². The predicted molar refractivity (Wildman–Crippen MR) is 53.6 cm³/mol. The first-order chi connectivity index (χ1) is 7.56. The van der Waals surface area contributed by atoms with E-state index >= 15 is 0 Å². The Morgan fingerprint density at radius 3 is 2.94 bits per heavy atom. The molecule has 1 aromatic rings. The Bertz CT molecular complexity index is 386. The molecule has 0 amide bonds. The van der Waals surface area contributed by atoms with Gasteiger partial charge in [-0.25, -0.2) is 19.2 Å². The molecule has 1 heterocycles. The summed E-state index contributed by atoms with van der Waals surface area (Å²) in [5.41, 5.74) is 0.196. The van der Waals surface area contributed by atoms with E-state index < -0.39 is 17.9 Å². The van der Waals surface area contributed by atoms with Gasteiger partial charge in [0.05, 0.1) is 12.2 Å². The molecule has 0 saturated heterocycles. The Kier molecular flexibility index (Phi) is 4.12. The summed E-state index contributed by atoms with van der Waals surface area (Å²) in [5, 5.41) is 11.2. The van der Waals surface area contributed by atoms with Gasteiger partial charge in [0.2, 0.25) is 0 Å². The molecule has 1 rings (SSSR count). The number of aromatic nitrogens is 2. The van der Waals surface area contributed by atoms with E-state index in [1.807, 2.05) is 0 Å². The Morgan fingerprint density at radius 1 is 1.69 bits per heavy atom. The fourth-order valence-electron chi connectivity index (χ4n) is 1.04. The second-order valence-electron chi connectivity index (χ2n) is 3.07. The maximum Gasteiger partial charge on any atom is 0.334 e. The molecule has 0 fully saturated rings. The number of hydrogen-bond donors (Lipinski definition) is 2. The van der Waals surface area contributed by atoms with Gasteiger partial charge in [-0.15, -0.1) is 0 Å². The molecule has 0 aliphatic heterocycles. The number of anilines is 1. The van der Waals surface area contributed by atoms with Crippen LogP contribution in [0.1, 0.15) is 5.69 Å². The first-order valence-corrected chi connectivity index (χ1v) is 4.52. The Labute approximate surface area is 91.5 Å². The summed E-state index contributed by atoms with van der Waals surface area (Å²) in [6.07, 6.45) is 0.151. The zero-order valence-electron chi connectivity index (χ0n) is 8.90. The SMILES string of the molecule is COC(CNc1ncnc(C)c1F)C(=O)O. The third kappa shape index (κ3) is 2.86. The van der Waals surface area contributed by atoms with Crippen molar-refractivity contribution < 1.29 is 19.0 Å². The zero-order chi connectivity index (χ0) is 12.1. The number of nitrogens with zero attached hydrogens (tertiary/aromatic N) is 2. The van der Waals surface area contributed by atoms with Crippen molar-refractivity contribution in [3.8, 4) is 0 Å². The monoisotopic (exact) mass is 229 g/mol. The summed E-state index contributed by atoms with van der Waals surface area (Å²) in [6.45, 7) is 1.42. The van der Waals surface area contributed by atoms with Gasteiger partial charge in [-0.05, 0) is 6.92 Å². The van der Waals surface area contributed by atoms with Crippen LogP contribution in [0.5, 0.6) is 0 Å². The molecule has 1 atom stereocenters. The second kappa shape index (κ2) is 5.36. The van der Waals surface area contributed by atoms with E-state index in [0.717, 1.165) is 0 Å². The van der Waals surface area contributed by atoms with E-state index in [0.29, 0.717) is 0 Å². The minimum Gasteiger partial charge on any atom is -0.479 e. The molecule has 0 aliphatic carbocycles. The van der Waals surface area contributed by atoms with Crippen molar-refractivity contribution in [2.75, 3.05) is 19.0 Å². The molecule has 0 radical (unpaired) electrons. The van der Waals surface area contributed by atoms with Crippen molar-refractivity contribution in [1.29, 1.82) is 0 Å². The van der Waals surface area contributed by atoms with Gasteiger partial charge in [0, 0.05) is 7.11 Å². The molecule has 0 saturated carbocycles. The summed E-state index contributed by atoms with van der Waals surface area (Å²) < 4.78 is 18.1. The van der Waals surface area contributed by atoms with E-state index in [1.165, 1.54) is 20.4 Å². The van der Waals surface area contributed by atoms with Gasteiger partial charge in [-0.2, -0.15) is 0 Å². The molecular formula is C9H12FN3O3. The summed E-state index contributed by atoms with van der Waals surface area (Å²) in [4.78, 5) is 17.9. The molecule has 0 aromatic carbocycles. The number of aryl methyl sites for hydroxylation is 1. The third-order valence-electron chi connectivity index (χ3n) is 1.98. The van der Waals surface area contributed by atoms with Crippen LogP contribution in [0.4, 0.5) is 10.2 Å². The van der Waals surface area contributed by atoms with E-state index in [1.54, 1.807) is 0 Å². The van der Waals surface area contributed by atoms with E-state index in [-0.39, 0.29) is 18.1 Å². The van der Waals surface area contributed by atoms with Crippen LogP contribution in [0.15, 0.2) is 6.33 Å². The molecule has 1 aromatic heterocycles. The topological polar surface area (TPSA) is 84.3 Å². The van der Waals surface area contributed by atoms with Crippen molar-refractivity contribution in [2.24, 2.45) is 0 Å². The Morgan fingerprint density at radius 2 is 2.38 bits per heavy atom. The van der Waals surface area contributed by atoms with Gasteiger partial charge in [-0.3, -0.25) is 0 Å². The largest absolute Gasteiger partial charge is 0.479 e. The van der Waals surface area contributed by atoms with E-state index in [2.05, 4.69) is 20.0 Å². The normalized spacial score (nSPS) is 12.2. The van der Waals surface area contributed by atoms with E-state index in [4.69, 9.17) is 5.11 Å². The number of methoxy groups -OCH3 is 1. The van der Waals surface area contributed by atoms with Crippen LogP contribution in [0.25, 0.3) is 0 Å². The van der Waals surface area contributed by atoms with Crippen LogP contribution in [-0.2, 0) is 9.53 Å². The minimum absolute atomic E-state index is 0.0317. The number of aliphatic carboxylic acids is 1. The highest BCUT2D eigenvalue weighted by molar-refractivity contribution is 5.73. The van der Waals surface area contributed by atoms with Crippen molar-refractivity contribution in [1.82, 2.24) is 9.97 Å². The van der Waals surface area contributed by atoms with Crippen LogP contribution < -0.4 is 5.32 Å². The van der Waals surface area contributed by atoms with Gasteiger partial charge in [0.25, 0.3) is 0 Å². The fourth-order valence-corrected chi connectivity index (χ4v) is 1.04. The van der Waals surface area contributed by atoms with Crippen molar-refractivity contribution in [2.45, 2.75) is 13.0 Å². The molecule has 0 bridgehead atoms. The van der Waals surface area contributed by atoms with Crippen LogP contribution >= 0.6 is 0 Å². The van der Waals surface area contributed by atoms with Crippen LogP contribution in [-0.4, -0.2) is 40.8 Å². The number of halogens is 1. The number of carbonyl (C=O) groups is 1. The van der Waals surface area contributed by atoms with E-state index in [9.17, 15) is 9.18 Å². The van der Waals surface area contributed by atoms with Gasteiger partial charge < -0.3 is 15.2 Å². The second-order valence-corrected chi connectivity index (χ2v) is 3.07. The molecule has 0 aliphatic rings. The predicted octanol–water partition coefficient (Wildman–Crippen LogP) is 0.436. The minimum atomic E-state index is -1.12. The summed E-state index contributed by atoms with van der Waals surface area (Å²) in [6, 6.07) is 0. The average Bonchev–Trinajstić information content (AvgIpc) is 2.24. The maximum atomic E-state index is 13.4. The highest BCUT2D eigenvalue weighted by atomic mass is 19.1. The van der Waals surface area contributed by atoms with Crippen molar-refractivity contribution in [3.63, 3.8) is 0 Å². The summed E-state index contributed by atoms with van der Waals surface area (Å²) in [7, 11) is 1.27. The summed E-state index contributed by atoms with van der Waals surface area (Å²) in [5.74, 6) is -1.75. The smallest absolute Gasteiger partial charge is 0.334 e. The Balaban J connectivity index is 2.67. The zero-order valence-corrected chi connectivity index (χ0v) is 8.90. The molecular weight excluding hydrogens is 217 g/mol. The lowest BCUT2D eigenvalue weighted by molar-refractivity contribution is -0.147. The molecule has 6 nitrogen and oxygen atoms in total. The fraction of sp³-hybridized carbons (Fsp3) is 0.444. The number of rotatable bonds is 5. The lowest BCUT2D eigenvalue weighted by atomic mass is 10.3. The molecule has 2 N–H and O–H groups in total. The highest BCUT2D eigenvalue weighted by Crippen LogP contribution is 2.11. The van der Waals surface area contributed by atoms with Crippen LogP contribution in [0.2, 0.25) is 0 Å². The molecule has 88 valence electrons. The van der Waals surface area contributed by atoms with Crippen LogP contribution in [0.3, 0.4) is 0 Å². The molecule has 7 heteroatoms. The lowest BCUT2D eigenvalue weighted by Gasteiger charge is -2.12. The highest BCUT2D eigenvalue weighted by Gasteiger charge is 2.17. The number of nitrogens with one attached hydrogen (secondary N) is 1. The van der Waals surface area contributed by atoms with Crippen LogP contribution in [0, 0.1) is 12.7 Å². The molecule has 0 spiro atoms. The first-order valence-electron chi connectivity index (χ1n) is 4.52. The maximum absolute atomic E-state index is 13.4. The number of hydrogen-bond acceptors (Lipinski definition) is 5. The number of carboxylic acid groups (broad SMARTS) is 1. The van der Waals surface area contributed by atoms with Gasteiger partial charge in [0.15, 0.2) is 17.7 Å². The average molecular weight is 229 g/mol. The number of carboxylic acids is 1. The number of ether oxygens (including phenoxy) is 1.